The molecule has 8 heteroatoms. The van der Waals surface area contributed by atoms with Gasteiger partial charge in [-0.2, -0.15) is 0 Å². The predicted molar refractivity (Wildman–Crippen MR) is 118 cm³/mol. The van der Waals surface area contributed by atoms with Crippen molar-refractivity contribution in [3.05, 3.63) is 64.5 Å². The molecule has 0 saturated carbocycles. The number of thioether (sulfide) groups is 1. The predicted octanol–water partition coefficient (Wildman–Crippen LogP) is 5.08. The number of carbonyl (C=O) groups excluding carboxylic acids is 2. The molecule has 2 aromatic carbocycles. The minimum Gasteiger partial charge on any atom is -0.325 e. The largest absolute Gasteiger partial charge is 0.325 e. The SMILES string of the molecule is Cc1c(Cl)cccc1NC(=O)CSCC(=O)Nc1nc(-c2ccccc2)cs1. The first-order chi connectivity index (χ1) is 13.5. The van der Waals surface area contributed by atoms with Crippen LogP contribution < -0.4 is 10.6 Å². The summed E-state index contributed by atoms with van der Waals surface area (Å²) < 4.78 is 0. The lowest BCUT2D eigenvalue weighted by atomic mass is 10.2. The van der Waals surface area contributed by atoms with Crippen LogP contribution in [0.4, 0.5) is 10.8 Å². The molecule has 0 aliphatic heterocycles. The average Bonchev–Trinajstić information content (AvgIpc) is 3.14. The summed E-state index contributed by atoms with van der Waals surface area (Å²) in [7, 11) is 0. The zero-order valence-electron chi connectivity index (χ0n) is 15.1. The van der Waals surface area contributed by atoms with Crippen LogP contribution in [0.5, 0.6) is 0 Å². The lowest BCUT2D eigenvalue weighted by molar-refractivity contribution is -0.114. The highest BCUT2D eigenvalue weighted by molar-refractivity contribution is 8.00. The van der Waals surface area contributed by atoms with Crippen molar-refractivity contribution in [3.63, 3.8) is 0 Å². The molecule has 2 amide bonds. The Morgan fingerprint density at radius 3 is 2.50 bits per heavy atom. The number of anilines is 2. The number of thiazole rings is 1. The summed E-state index contributed by atoms with van der Waals surface area (Å²) in [5, 5.41) is 8.63. The molecule has 3 aromatic rings. The quantitative estimate of drug-likeness (QED) is 0.547. The summed E-state index contributed by atoms with van der Waals surface area (Å²) in [6.07, 6.45) is 0. The Balaban J connectivity index is 1.44. The van der Waals surface area contributed by atoms with Crippen LogP contribution in [-0.4, -0.2) is 28.3 Å². The van der Waals surface area contributed by atoms with E-state index in [4.69, 9.17) is 11.6 Å². The van der Waals surface area contributed by atoms with E-state index in [0.717, 1.165) is 16.8 Å². The molecule has 0 spiro atoms. The third-order valence-electron chi connectivity index (χ3n) is 3.83. The van der Waals surface area contributed by atoms with Crippen molar-refractivity contribution in [2.45, 2.75) is 6.92 Å². The number of hydrogen-bond acceptors (Lipinski definition) is 5. The van der Waals surface area contributed by atoms with Crippen LogP contribution in [0.2, 0.25) is 5.02 Å². The topological polar surface area (TPSA) is 71.1 Å². The number of carbonyl (C=O) groups is 2. The van der Waals surface area contributed by atoms with E-state index in [0.29, 0.717) is 15.8 Å². The molecule has 1 heterocycles. The van der Waals surface area contributed by atoms with E-state index in [1.54, 1.807) is 18.2 Å². The first-order valence-corrected chi connectivity index (χ1v) is 10.9. The van der Waals surface area contributed by atoms with Gasteiger partial charge in [-0.15, -0.1) is 23.1 Å². The average molecular weight is 432 g/mol. The Kier molecular flexibility index (Phi) is 7.08. The van der Waals surface area contributed by atoms with Gasteiger partial charge in [-0.25, -0.2) is 4.98 Å². The van der Waals surface area contributed by atoms with E-state index in [1.807, 2.05) is 42.6 Å². The van der Waals surface area contributed by atoms with Gasteiger partial charge in [-0.05, 0) is 24.6 Å². The Morgan fingerprint density at radius 1 is 1.04 bits per heavy atom. The highest BCUT2D eigenvalue weighted by atomic mass is 35.5. The highest BCUT2D eigenvalue weighted by Gasteiger charge is 2.11. The summed E-state index contributed by atoms with van der Waals surface area (Å²) in [6.45, 7) is 1.84. The highest BCUT2D eigenvalue weighted by Crippen LogP contribution is 2.25. The monoisotopic (exact) mass is 431 g/mol. The van der Waals surface area contributed by atoms with E-state index >= 15 is 0 Å². The fraction of sp³-hybridized carbons (Fsp3) is 0.150. The number of aromatic nitrogens is 1. The van der Waals surface area contributed by atoms with Gasteiger partial charge in [0.05, 0.1) is 17.2 Å². The van der Waals surface area contributed by atoms with Crippen molar-refractivity contribution in [2.75, 3.05) is 22.1 Å². The van der Waals surface area contributed by atoms with Gasteiger partial charge in [0.15, 0.2) is 5.13 Å². The Bertz CT molecular complexity index is 977. The van der Waals surface area contributed by atoms with Crippen LogP contribution in [0.15, 0.2) is 53.9 Å². The third kappa shape index (κ3) is 5.58. The molecular weight excluding hydrogens is 414 g/mol. The molecule has 1 aromatic heterocycles. The van der Waals surface area contributed by atoms with E-state index < -0.39 is 0 Å². The molecule has 0 atom stereocenters. The van der Waals surface area contributed by atoms with E-state index in [2.05, 4.69) is 15.6 Å². The molecular formula is C20H18ClN3O2S2. The molecule has 0 unspecified atom stereocenters. The maximum absolute atomic E-state index is 12.1. The molecule has 5 nitrogen and oxygen atoms in total. The second-order valence-corrected chi connectivity index (χ2v) is 8.16. The molecule has 0 aliphatic carbocycles. The first kappa shape index (κ1) is 20.4. The second kappa shape index (κ2) is 9.73. The normalized spacial score (nSPS) is 10.5. The van der Waals surface area contributed by atoms with Crippen molar-refractivity contribution in [3.8, 4) is 11.3 Å². The van der Waals surface area contributed by atoms with E-state index in [-0.39, 0.29) is 23.3 Å². The minimum absolute atomic E-state index is 0.169. The van der Waals surface area contributed by atoms with Crippen molar-refractivity contribution in [1.82, 2.24) is 4.98 Å². The zero-order valence-corrected chi connectivity index (χ0v) is 17.5. The number of hydrogen-bond donors (Lipinski definition) is 2. The number of amides is 2. The van der Waals surface area contributed by atoms with Crippen LogP contribution in [0, 0.1) is 6.92 Å². The van der Waals surface area contributed by atoms with Gasteiger partial charge in [0, 0.05) is 21.7 Å². The molecule has 144 valence electrons. The Hall–Kier alpha value is -2.35. The number of benzene rings is 2. The van der Waals surface area contributed by atoms with Gasteiger partial charge in [-0.1, -0.05) is 48.0 Å². The molecule has 0 radical (unpaired) electrons. The van der Waals surface area contributed by atoms with Crippen LogP contribution in [-0.2, 0) is 9.59 Å². The summed E-state index contributed by atoms with van der Waals surface area (Å²) in [5.74, 6) is -0.0243. The molecule has 0 bridgehead atoms. The zero-order chi connectivity index (χ0) is 19.9. The van der Waals surface area contributed by atoms with Crippen molar-refractivity contribution in [2.24, 2.45) is 0 Å². The first-order valence-electron chi connectivity index (χ1n) is 8.46. The maximum atomic E-state index is 12.1. The number of halogens is 1. The lowest BCUT2D eigenvalue weighted by Crippen LogP contribution is -2.18. The van der Waals surface area contributed by atoms with Gasteiger partial charge in [0.1, 0.15) is 0 Å². The summed E-state index contributed by atoms with van der Waals surface area (Å²) in [5.41, 5.74) is 3.32. The van der Waals surface area contributed by atoms with Gasteiger partial charge in [0.25, 0.3) is 0 Å². The molecule has 0 saturated heterocycles. The standard InChI is InChI=1S/C20H18ClN3O2S2/c1-13-15(21)8-5-9-16(13)22-18(25)11-27-12-19(26)24-20-23-17(10-28-20)14-6-3-2-4-7-14/h2-10H,11-12H2,1H3,(H,22,25)(H,23,24,26). The molecule has 0 aliphatic rings. The second-order valence-electron chi connectivity index (χ2n) is 5.91. The fourth-order valence-corrected chi connectivity index (χ4v) is 3.92. The smallest absolute Gasteiger partial charge is 0.236 e. The van der Waals surface area contributed by atoms with Gasteiger partial charge in [-0.3, -0.25) is 9.59 Å². The lowest BCUT2D eigenvalue weighted by Gasteiger charge is -2.09. The summed E-state index contributed by atoms with van der Waals surface area (Å²) in [4.78, 5) is 28.6. The number of nitrogens with one attached hydrogen (secondary N) is 2. The van der Waals surface area contributed by atoms with Crippen molar-refractivity contribution >= 4 is 57.3 Å². The third-order valence-corrected chi connectivity index (χ3v) is 5.93. The summed E-state index contributed by atoms with van der Waals surface area (Å²) >= 11 is 8.66. The van der Waals surface area contributed by atoms with Crippen LogP contribution >= 0.6 is 34.7 Å². The van der Waals surface area contributed by atoms with Crippen molar-refractivity contribution < 1.29 is 9.59 Å². The van der Waals surface area contributed by atoms with Gasteiger partial charge in [0.2, 0.25) is 11.8 Å². The summed E-state index contributed by atoms with van der Waals surface area (Å²) in [6, 6.07) is 15.1. The van der Waals surface area contributed by atoms with E-state index in [9.17, 15) is 9.59 Å². The van der Waals surface area contributed by atoms with Crippen LogP contribution in [0.3, 0.4) is 0 Å². The van der Waals surface area contributed by atoms with Crippen LogP contribution in [0.1, 0.15) is 5.56 Å². The minimum atomic E-state index is -0.189. The Labute approximate surface area is 176 Å². The van der Waals surface area contributed by atoms with Crippen LogP contribution in [0.25, 0.3) is 11.3 Å². The van der Waals surface area contributed by atoms with Crippen molar-refractivity contribution in [1.29, 1.82) is 0 Å². The van der Waals surface area contributed by atoms with Gasteiger partial charge >= 0.3 is 0 Å². The fourth-order valence-electron chi connectivity index (χ4n) is 2.39. The number of nitrogens with zero attached hydrogens (tertiary/aromatic N) is 1. The maximum Gasteiger partial charge on any atom is 0.236 e. The molecule has 28 heavy (non-hydrogen) atoms. The molecule has 0 fully saturated rings. The molecule has 3 rings (SSSR count). The number of rotatable bonds is 7. The van der Waals surface area contributed by atoms with Gasteiger partial charge < -0.3 is 10.6 Å². The van der Waals surface area contributed by atoms with E-state index in [1.165, 1.54) is 23.1 Å². The molecule has 2 N–H and O–H groups in total. The Morgan fingerprint density at radius 2 is 1.75 bits per heavy atom.